The maximum absolute atomic E-state index is 2.43. The Morgan fingerprint density at radius 1 is 0.240 bits per heavy atom. The summed E-state index contributed by atoms with van der Waals surface area (Å²) >= 11 is 0. The molecule has 10 aromatic rings. The molecule has 2 heterocycles. The van der Waals surface area contributed by atoms with Crippen molar-refractivity contribution in [2.45, 2.75) is 0 Å². The Bertz CT molecular complexity index is 2660. The zero-order valence-electron chi connectivity index (χ0n) is 27.4. The van der Waals surface area contributed by atoms with Gasteiger partial charge in [0.15, 0.2) is 0 Å². The number of rotatable bonds is 5. The summed E-state index contributed by atoms with van der Waals surface area (Å²) in [5, 5.41) is 5.00. The lowest BCUT2D eigenvalue weighted by Gasteiger charge is -2.14. The number of fused-ring (bicyclic) bond motifs is 6. The molecule has 0 saturated heterocycles. The molecule has 2 nitrogen and oxygen atoms in total. The van der Waals surface area contributed by atoms with Gasteiger partial charge in [0.2, 0.25) is 0 Å². The van der Waals surface area contributed by atoms with Crippen molar-refractivity contribution in [2.75, 3.05) is 0 Å². The summed E-state index contributed by atoms with van der Waals surface area (Å²) in [5.41, 5.74) is 14.5. The fourth-order valence-electron chi connectivity index (χ4n) is 7.88. The van der Waals surface area contributed by atoms with Crippen molar-refractivity contribution in [3.8, 4) is 44.8 Å². The van der Waals surface area contributed by atoms with Crippen LogP contribution < -0.4 is 0 Å². The third-order valence-corrected chi connectivity index (χ3v) is 10.1. The monoisotopic (exact) mass is 636 g/mol. The highest BCUT2D eigenvalue weighted by molar-refractivity contribution is 6.13. The lowest BCUT2D eigenvalue weighted by atomic mass is 10.0. The Balaban J connectivity index is 1.16. The molecular weight excluding hydrogens is 605 g/mol. The number of hydrogen-bond acceptors (Lipinski definition) is 0. The summed E-state index contributed by atoms with van der Waals surface area (Å²) in [6.07, 6.45) is 0. The summed E-state index contributed by atoms with van der Waals surface area (Å²) in [4.78, 5) is 0. The van der Waals surface area contributed by atoms with Crippen LogP contribution in [0.5, 0.6) is 0 Å². The number of aromatic nitrogens is 2. The largest absolute Gasteiger partial charge is 0.309 e. The number of nitrogens with zero attached hydrogens (tertiary/aromatic N) is 2. The van der Waals surface area contributed by atoms with Crippen molar-refractivity contribution in [3.63, 3.8) is 0 Å². The van der Waals surface area contributed by atoms with Gasteiger partial charge >= 0.3 is 0 Å². The third kappa shape index (κ3) is 4.43. The normalized spacial score (nSPS) is 11.6. The van der Waals surface area contributed by atoms with E-state index in [9.17, 15) is 0 Å². The van der Waals surface area contributed by atoms with Gasteiger partial charge in [0.1, 0.15) is 0 Å². The van der Waals surface area contributed by atoms with Crippen LogP contribution in [0, 0.1) is 0 Å². The second-order valence-corrected chi connectivity index (χ2v) is 12.9. The zero-order valence-corrected chi connectivity index (χ0v) is 27.4. The van der Waals surface area contributed by atoms with E-state index >= 15 is 0 Å². The van der Waals surface area contributed by atoms with E-state index in [1.165, 1.54) is 88.4 Å². The zero-order chi connectivity index (χ0) is 33.0. The molecule has 10 rings (SSSR count). The smallest absolute Gasteiger partial charge is 0.0541 e. The van der Waals surface area contributed by atoms with Crippen LogP contribution in [-0.2, 0) is 0 Å². The molecule has 0 unspecified atom stereocenters. The fraction of sp³-hybridized carbons (Fsp3) is 0. The Morgan fingerprint density at radius 3 is 1.06 bits per heavy atom. The quantitative estimate of drug-likeness (QED) is 0.178. The van der Waals surface area contributed by atoms with Crippen LogP contribution in [0.3, 0.4) is 0 Å². The van der Waals surface area contributed by atoms with Gasteiger partial charge in [-0.2, -0.15) is 0 Å². The van der Waals surface area contributed by atoms with Gasteiger partial charge in [0, 0.05) is 32.7 Å². The highest BCUT2D eigenvalue weighted by Crippen LogP contribution is 2.40. The predicted octanol–water partition coefficient (Wildman–Crippen LogP) is 12.9. The minimum atomic E-state index is 1.18. The molecule has 234 valence electrons. The summed E-state index contributed by atoms with van der Waals surface area (Å²) < 4.78 is 4.86. The van der Waals surface area contributed by atoms with E-state index in [0.29, 0.717) is 0 Å². The molecule has 0 amide bonds. The molecule has 0 aliphatic carbocycles. The topological polar surface area (TPSA) is 9.86 Å². The lowest BCUT2D eigenvalue weighted by Crippen LogP contribution is -1.97. The minimum Gasteiger partial charge on any atom is -0.309 e. The Kier molecular flexibility index (Phi) is 6.53. The average molecular weight is 637 g/mol. The number of para-hydroxylation sites is 4. The van der Waals surface area contributed by atoms with Crippen molar-refractivity contribution < 1.29 is 0 Å². The molecular formula is C48H32N2. The maximum Gasteiger partial charge on any atom is 0.0541 e. The van der Waals surface area contributed by atoms with Gasteiger partial charge in [0.05, 0.1) is 33.4 Å². The van der Waals surface area contributed by atoms with E-state index in [2.05, 4.69) is 203 Å². The van der Waals surface area contributed by atoms with Gasteiger partial charge in [-0.1, -0.05) is 146 Å². The van der Waals surface area contributed by atoms with Gasteiger partial charge < -0.3 is 9.13 Å². The molecule has 0 radical (unpaired) electrons. The molecule has 50 heavy (non-hydrogen) atoms. The van der Waals surface area contributed by atoms with E-state index in [1.807, 2.05) is 0 Å². The van der Waals surface area contributed by atoms with Crippen molar-refractivity contribution >= 4 is 43.6 Å². The number of benzene rings is 8. The Hall–Kier alpha value is -6.64. The Morgan fingerprint density at radius 2 is 0.600 bits per heavy atom. The highest BCUT2D eigenvalue weighted by Gasteiger charge is 2.18. The van der Waals surface area contributed by atoms with Crippen molar-refractivity contribution in [2.24, 2.45) is 0 Å². The lowest BCUT2D eigenvalue weighted by molar-refractivity contribution is 1.18. The highest BCUT2D eigenvalue weighted by atomic mass is 15.0. The average Bonchev–Trinajstić information content (AvgIpc) is 3.70. The first-order chi connectivity index (χ1) is 24.8. The van der Waals surface area contributed by atoms with Crippen LogP contribution in [0.4, 0.5) is 0 Å². The van der Waals surface area contributed by atoms with E-state index in [1.54, 1.807) is 0 Å². The fourth-order valence-corrected chi connectivity index (χ4v) is 7.88. The SMILES string of the molecule is c1ccc(-c2ccccc2-n2c3ccccc3c3cc(-c4ccc5c(c4)c4ccccc4n5-c4ccccc4-c4ccccc4)ccc32)cc1. The van der Waals surface area contributed by atoms with Crippen molar-refractivity contribution in [3.05, 3.63) is 194 Å². The molecule has 0 N–H and O–H groups in total. The van der Waals surface area contributed by atoms with Crippen LogP contribution in [-0.4, -0.2) is 9.13 Å². The van der Waals surface area contributed by atoms with E-state index < -0.39 is 0 Å². The molecule has 2 heteroatoms. The molecule has 8 aromatic carbocycles. The van der Waals surface area contributed by atoms with Gasteiger partial charge in [0.25, 0.3) is 0 Å². The van der Waals surface area contributed by atoms with Crippen LogP contribution in [0.15, 0.2) is 194 Å². The van der Waals surface area contributed by atoms with Crippen LogP contribution in [0.25, 0.3) is 88.4 Å². The summed E-state index contributed by atoms with van der Waals surface area (Å²) in [5.74, 6) is 0. The van der Waals surface area contributed by atoms with E-state index in [-0.39, 0.29) is 0 Å². The molecule has 0 bridgehead atoms. The predicted molar refractivity (Wildman–Crippen MR) is 211 cm³/mol. The molecule has 0 atom stereocenters. The van der Waals surface area contributed by atoms with Crippen LogP contribution >= 0.6 is 0 Å². The summed E-state index contributed by atoms with van der Waals surface area (Å²) in [7, 11) is 0. The van der Waals surface area contributed by atoms with Gasteiger partial charge in [-0.3, -0.25) is 0 Å². The molecule has 2 aromatic heterocycles. The number of hydrogen-bond donors (Lipinski definition) is 0. The van der Waals surface area contributed by atoms with Gasteiger partial charge in [-0.15, -0.1) is 0 Å². The third-order valence-electron chi connectivity index (χ3n) is 10.1. The second kappa shape index (κ2) is 11.5. The van der Waals surface area contributed by atoms with E-state index in [4.69, 9.17) is 0 Å². The summed E-state index contributed by atoms with van der Waals surface area (Å²) in [6.45, 7) is 0. The molecule has 0 aliphatic heterocycles. The van der Waals surface area contributed by atoms with E-state index in [0.717, 1.165) is 0 Å². The van der Waals surface area contributed by atoms with Crippen molar-refractivity contribution in [1.82, 2.24) is 9.13 Å². The van der Waals surface area contributed by atoms with Crippen LogP contribution in [0.1, 0.15) is 0 Å². The first-order valence-electron chi connectivity index (χ1n) is 17.2. The molecule has 0 spiro atoms. The summed E-state index contributed by atoms with van der Waals surface area (Å²) in [6, 6.07) is 70.3. The van der Waals surface area contributed by atoms with Crippen LogP contribution in [0.2, 0.25) is 0 Å². The second-order valence-electron chi connectivity index (χ2n) is 12.9. The maximum atomic E-state index is 2.43. The Labute approximate surface area is 290 Å². The first-order valence-corrected chi connectivity index (χ1v) is 17.2. The van der Waals surface area contributed by atoms with Crippen molar-refractivity contribution in [1.29, 1.82) is 0 Å². The minimum absolute atomic E-state index is 1.18. The molecule has 0 aliphatic rings. The molecule has 0 fully saturated rings. The standard InChI is InChI=1S/C48H32N2/c1-3-15-33(16-4-1)37-19-7-11-23-43(37)49-45-25-13-9-21-39(45)41-31-35(27-29-47(41)49)36-28-30-48-42(32-36)40-22-10-14-26-46(40)50(48)44-24-12-8-20-38(44)34-17-5-2-6-18-34/h1-32H. The first kappa shape index (κ1) is 28.4. The van der Waals surface area contributed by atoms with Gasteiger partial charge in [-0.25, -0.2) is 0 Å². The van der Waals surface area contributed by atoms with Gasteiger partial charge in [-0.05, 0) is 70.8 Å². The molecule has 0 saturated carbocycles.